The number of nitrogens with zero attached hydrogens (tertiary/aromatic N) is 5. The Labute approximate surface area is 166 Å². The Morgan fingerprint density at radius 1 is 1.25 bits per heavy atom. The van der Waals surface area contributed by atoms with Crippen LogP contribution in [-0.2, 0) is 24.3 Å². The van der Waals surface area contributed by atoms with E-state index in [9.17, 15) is 4.79 Å². The van der Waals surface area contributed by atoms with Gasteiger partial charge < -0.3 is 10.2 Å². The smallest absolute Gasteiger partial charge is 0.219 e. The summed E-state index contributed by atoms with van der Waals surface area (Å²) in [6.45, 7) is 6.03. The van der Waals surface area contributed by atoms with Crippen molar-refractivity contribution in [1.82, 2.24) is 24.8 Å². The van der Waals surface area contributed by atoms with Gasteiger partial charge in [-0.2, -0.15) is 0 Å². The normalized spacial score (nSPS) is 18.0. The molecule has 7 nitrogen and oxygen atoms in total. The number of anilines is 1. The minimum absolute atomic E-state index is 0.122. The van der Waals surface area contributed by atoms with Crippen molar-refractivity contribution < 1.29 is 4.79 Å². The molecule has 2 aliphatic heterocycles. The number of fused-ring (bicyclic) bond motifs is 1. The third-order valence-electron chi connectivity index (χ3n) is 5.87. The Kier molecular flexibility index (Phi) is 5.52. The molecule has 0 atom stereocenters. The molecular formula is C21H28N6O. The Morgan fingerprint density at radius 2 is 2.07 bits per heavy atom. The average molecular weight is 380 g/mol. The number of pyridine rings is 1. The molecule has 7 heteroatoms. The van der Waals surface area contributed by atoms with Crippen molar-refractivity contribution >= 4 is 11.7 Å². The van der Waals surface area contributed by atoms with Gasteiger partial charge in [-0.3, -0.25) is 9.69 Å². The summed E-state index contributed by atoms with van der Waals surface area (Å²) in [4.78, 5) is 29.9. The number of aromatic nitrogens is 3. The van der Waals surface area contributed by atoms with E-state index in [0.29, 0.717) is 12.5 Å². The molecule has 1 amide bonds. The van der Waals surface area contributed by atoms with Gasteiger partial charge in [0.2, 0.25) is 5.91 Å². The average Bonchev–Trinajstić information content (AvgIpc) is 2.74. The zero-order valence-corrected chi connectivity index (χ0v) is 16.7. The van der Waals surface area contributed by atoms with Gasteiger partial charge in [-0.05, 0) is 32.0 Å². The maximum Gasteiger partial charge on any atom is 0.219 e. The molecule has 28 heavy (non-hydrogen) atoms. The van der Waals surface area contributed by atoms with Crippen LogP contribution in [0.4, 0.5) is 5.82 Å². The number of nitrogens with one attached hydrogen (secondary N) is 1. The maximum atomic E-state index is 11.6. The lowest BCUT2D eigenvalue weighted by Crippen LogP contribution is -2.36. The molecule has 1 N–H and O–H groups in total. The molecule has 0 aromatic carbocycles. The maximum absolute atomic E-state index is 11.6. The first-order valence-corrected chi connectivity index (χ1v) is 10.1. The SMILES string of the molecule is CNc1ncccc1CN1CCC(c2ncc3c(n2)CCN(C(C)=O)C3)CC1. The first-order chi connectivity index (χ1) is 13.6. The Morgan fingerprint density at radius 3 is 2.82 bits per heavy atom. The summed E-state index contributed by atoms with van der Waals surface area (Å²) in [5, 5.41) is 3.18. The van der Waals surface area contributed by atoms with Gasteiger partial charge in [-0.1, -0.05) is 6.07 Å². The summed E-state index contributed by atoms with van der Waals surface area (Å²) in [5.74, 6) is 2.48. The summed E-state index contributed by atoms with van der Waals surface area (Å²) in [6, 6.07) is 4.14. The van der Waals surface area contributed by atoms with E-state index in [1.54, 1.807) is 6.92 Å². The van der Waals surface area contributed by atoms with Crippen molar-refractivity contribution in [3.05, 3.63) is 47.2 Å². The summed E-state index contributed by atoms with van der Waals surface area (Å²) >= 11 is 0. The number of hydrogen-bond donors (Lipinski definition) is 1. The molecule has 0 radical (unpaired) electrons. The fourth-order valence-electron chi connectivity index (χ4n) is 4.18. The largest absolute Gasteiger partial charge is 0.373 e. The van der Waals surface area contributed by atoms with Crippen LogP contribution in [0.1, 0.15) is 48.3 Å². The molecule has 0 aliphatic carbocycles. The molecule has 148 valence electrons. The number of amides is 1. The number of piperidine rings is 1. The quantitative estimate of drug-likeness (QED) is 0.877. The highest BCUT2D eigenvalue weighted by Gasteiger charge is 2.26. The molecule has 0 bridgehead atoms. The van der Waals surface area contributed by atoms with E-state index in [-0.39, 0.29) is 5.91 Å². The van der Waals surface area contributed by atoms with E-state index >= 15 is 0 Å². The minimum atomic E-state index is 0.122. The van der Waals surface area contributed by atoms with Gasteiger partial charge >= 0.3 is 0 Å². The third kappa shape index (κ3) is 3.99. The van der Waals surface area contributed by atoms with Crippen LogP contribution in [0.3, 0.4) is 0 Å². The molecule has 2 aromatic rings. The van der Waals surface area contributed by atoms with E-state index in [1.807, 2.05) is 30.4 Å². The predicted molar refractivity (Wildman–Crippen MR) is 108 cm³/mol. The van der Waals surface area contributed by atoms with Crippen molar-refractivity contribution in [2.75, 3.05) is 32.0 Å². The Bertz CT molecular complexity index is 847. The number of rotatable bonds is 4. The molecule has 1 fully saturated rings. The van der Waals surface area contributed by atoms with Gasteiger partial charge in [0, 0.05) is 69.5 Å². The summed E-state index contributed by atoms with van der Waals surface area (Å²) < 4.78 is 0. The van der Waals surface area contributed by atoms with Gasteiger partial charge in [0.05, 0.1) is 5.69 Å². The molecule has 0 saturated carbocycles. The molecule has 2 aromatic heterocycles. The third-order valence-corrected chi connectivity index (χ3v) is 5.87. The van der Waals surface area contributed by atoms with Gasteiger partial charge in [-0.25, -0.2) is 15.0 Å². The van der Waals surface area contributed by atoms with Gasteiger partial charge in [0.15, 0.2) is 0 Å². The molecule has 2 aliphatic rings. The fourth-order valence-corrected chi connectivity index (χ4v) is 4.18. The second-order valence-corrected chi connectivity index (χ2v) is 7.70. The van der Waals surface area contributed by atoms with Crippen LogP contribution in [0.2, 0.25) is 0 Å². The highest BCUT2D eigenvalue weighted by molar-refractivity contribution is 5.73. The van der Waals surface area contributed by atoms with Crippen molar-refractivity contribution in [3.8, 4) is 0 Å². The van der Waals surface area contributed by atoms with Crippen molar-refractivity contribution in [1.29, 1.82) is 0 Å². The van der Waals surface area contributed by atoms with Crippen LogP contribution < -0.4 is 5.32 Å². The fraction of sp³-hybridized carbons (Fsp3) is 0.524. The number of carbonyl (C=O) groups is 1. The summed E-state index contributed by atoms with van der Waals surface area (Å²) in [6.07, 6.45) is 6.75. The molecule has 0 unspecified atom stereocenters. The van der Waals surface area contributed by atoms with E-state index < -0.39 is 0 Å². The van der Waals surface area contributed by atoms with Crippen molar-refractivity contribution in [2.45, 2.75) is 45.2 Å². The van der Waals surface area contributed by atoms with Crippen LogP contribution >= 0.6 is 0 Å². The van der Waals surface area contributed by atoms with Crippen LogP contribution in [-0.4, -0.2) is 57.3 Å². The molecule has 4 heterocycles. The standard InChI is InChI=1S/C21H28N6O/c1-15(28)27-11-7-19-18(14-27)12-24-21(25-19)16-5-9-26(10-6-16)13-17-4-3-8-23-20(17)22-2/h3-4,8,12,16H,5-7,9-11,13-14H2,1-2H3,(H,22,23). The molecule has 4 rings (SSSR count). The second kappa shape index (κ2) is 8.22. The van der Waals surface area contributed by atoms with Crippen LogP contribution in [0.25, 0.3) is 0 Å². The van der Waals surface area contributed by atoms with Gasteiger partial charge in [0.1, 0.15) is 11.6 Å². The lowest BCUT2D eigenvalue weighted by atomic mass is 9.95. The van der Waals surface area contributed by atoms with Gasteiger partial charge in [-0.15, -0.1) is 0 Å². The lowest BCUT2D eigenvalue weighted by molar-refractivity contribution is -0.129. The van der Waals surface area contributed by atoms with Crippen LogP contribution in [0.5, 0.6) is 0 Å². The predicted octanol–water partition coefficient (Wildman–Crippen LogP) is 2.20. The molecule has 0 spiro atoms. The second-order valence-electron chi connectivity index (χ2n) is 7.70. The zero-order valence-electron chi connectivity index (χ0n) is 16.7. The van der Waals surface area contributed by atoms with Gasteiger partial charge in [0.25, 0.3) is 0 Å². The highest BCUT2D eigenvalue weighted by atomic mass is 16.2. The lowest BCUT2D eigenvalue weighted by Gasteiger charge is -2.32. The molecule has 1 saturated heterocycles. The minimum Gasteiger partial charge on any atom is -0.373 e. The van der Waals surface area contributed by atoms with E-state index in [1.165, 1.54) is 5.56 Å². The first kappa shape index (κ1) is 18.8. The number of likely N-dealkylation sites (tertiary alicyclic amines) is 1. The van der Waals surface area contributed by atoms with Crippen LogP contribution in [0.15, 0.2) is 24.5 Å². The Hall–Kier alpha value is -2.54. The molecular weight excluding hydrogens is 352 g/mol. The summed E-state index contributed by atoms with van der Waals surface area (Å²) in [5.41, 5.74) is 3.46. The summed E-state index contributed by atoms with van der Waals surface area (Å²) in [7, 11) is 1.92. The zero-order chi connectivity index (χ0) is 19.5. The monoisotopic (exact) mass is 380 g/mol. The van der Waals surface area contributed by atoms with E-state index in [2.05, 4.69) is 26.3 Å². The van der Waals surface area contributed by atoms with Crippen molar-refractivity contribution in [2.24, 2.45) is 0 Å². The number of hydrogen-bond acceptors (Lipinski definition) is 6. The van der Waals surface area contributed by atoms with Crippen LogP contribution in [0, 0.1) is 0 Å². The van der Waals surface area contributed by atoms with E-state index in [4.69, 9.17) is 4.98 Å². The highest BCUT2D eigenvalue weighted by Crippen LogP contribution is 2.28. The van der Waals surface area contributed by atoms with Crippen molar-refractivity contribution in [3.63, 3.8) is 0 Å². The Balaban J connectivity index is 1.37. The van der Waals surface area contributed by atoms with E-state index in [0.717, 1.165) is 68.3 Å². The topological polar surface area (TPSA) is 74.2 Å². The first-order valence-electron chi connectivity index (χ1n) is 10.1. The number of carbonyl (C=O) groups excluding carboxylic acids is 1.